The van der Waals surface area contributed by atoms with Crippen LogP contribution in [0.2, 0.25) is 0 Å². The lowest BCUT2D eigenvalue weighted by Gasteiger charge is -2.26. The number of amides is 1. The molecule has 1 atom stereocenters. The first-order valence-electron chi connectivity index (χ1n) is 6.83. The van der Waals surface area contributed by atoms with Gasteiger partial charge in [0.1, 0.15) is 6.61 Å². The molecule has 0 saturated carbocycles. The van der Waals surface area contributed by atoms with Crippen LogP contribution in [0.4, 0.5) is 9.59 Å². The molecule has 21 heavy (non-hydrogen) atoms. The van der Waals surface area contributed by atoms with Gasteiger partial charge in [0.2, 0.25) is 0 Å². The molecule has 0 spiro atoms. The maximum Gasteiger partial charge on any atom is 0.508 e. The van der Waals surface area contributed by atoms with Gasteiger partial charge in [0.25, 0.3) is 0 Å². The summed E-state index contributed by atoms with van der Waals surface area (Å²) in [5.74, 6) is -0.0441. The maximum atomic E-state index is 11.9. The van der Waals surface area contributed by atoms with Crippen LogP contribution in [-0.4, -0.2) is 69.5 Å². The molecule has 0 radical (unpaired) electrons. The van der Waals surface area contributed by atoms with Crippen LogP contribution in [0, 0.1) is 0 Å². The summed E-state index contributed by atoms with van der Waals surface area (Å²) in [4.78, 5) is 24.2. The monoisotopic (exact) mass is 323 g/mol. The second-order valence-electron chi connectivity index (χ2n) is 4.48. The Kier molecular flexibility index (Phi) is 6.73. The topological polar surface area (TPSA) is 99.2 Å². The van der Waals surface area contributed by atoms with E-state index in [1.807, 2.05) is 0 Å². The average Bonchev–Trinajstić information content (AvgIpc) is 2.75. The molecular formula is C12H21NO7S. The summed E-state index contributed by atoms with van der Waals surface area (Å²) >= 11 is 0. The molecule has 1 heterocycles. The van der Waals surface area contributed by atoms with Crippen molar-refractivity contribution in [3.05, 3.63) is 0 Å². The van der Waals surface area contributed by atoms with Crippen LogP contribution in [0.15, 0.2) is 0 Å². The van der Waals surface area contributed by atoms with Crippen molar-refractivity contribution in [1.82, 2.24) is 4.90 Å². The number of carbonyl (C=O) groups excluding carboxylic acids is 2. The molecular weight excluding hydrogens is 302 g/mol. The number of nitrogens with zero attached hydrogens (tertiary/aromatic N) is 1. The Bertz CT molecular complexity index is 462. The zero-order valence-corrected chi connectivity index (χ0v) is 13.1. The van der Waals surface area contributed by atoms with Gasteiger partial charge in [-0.2, -0.15) is 0 Å². The zero-order chi connectivity index (χ0) is 15.9. The molecule has 0 bridgehead atoms. The minimum atomic E-state index is -3.12. The van der Waals surface area contributed by atoms with Crippen molar-refractivity contribution in [3.63, 3.8) is 0 Å². The van der Waals surface area contributed by atoms with Crippen molar-refractivity contribution in [1.29, 1.82) is 0 Å². The highest BCUT2D eigenvalue weighted by Crippen LogP contribution is 2.18. The Morgan fingerprint density at radius 1 is 1.14 bits per heavy atom. The third-order valence-corrected chi connectivity index (χ3v) is 4.72. The molecule has 0 unspecified atom stereocenters. The predicted molar refractivity (Wildman–Crippen MR) is 73.8 cm³/mol. The highest BCUT2D eigenvalue weighted by Gasteiger charge is 2.35. The molecule has 0 aromatic rings. The molecule has 122 valence electrons. The van der Waals surface area contributed by atoms with Gasteiger partial charge in [0.05, 0.1) is 37.3 Å². The third-order valence-electron chi connectivity index (χ3n) is 2.97. The average molecular weight is 323 g/mol. The molecule has 1 aliphatic rings. The Morgan fingerprint density at radius 2 is 1.81 bits per heavy atom. The van der Waals surface area contributed by atoms with Crippen molar-refractivity contribution < 1.29 is 32.2 Å². The summed E-state index contributed by atoms with van der Waals surface area (Å²) in [6.45, 7) is 3.69. The molecule has 1 amide bonds. The minimum Gasteiger partial charge on any atom is -0.450 e. The van der Waals surface area contributed by atoms with Gasteiger partial charge in [-0.25, -0.2) is 18.0 Å². The van der Waals surface area contributed by atoms with Crippen LogP contribution in [0.5, 0.6) is 0 Å². The van der Waals surface area contributed by atoms with Crippen LogP contribution in [0.25, 0.3) is 0 Å². The molecule has 1 rings (SSSR count). The van der Waals surface area contributed by atoms with Gasteiger partial charge in [-0.15, -0.1) is 0 Å². The Hall–Kier alpha value is -1.51. The van der Waals surface area contributed by atoms with E-state index in [0.29, 0.717) is 6.42 Å². The van der Waals surface area contributed by atoms with Crippen LogP contribution in [-0.2, 0) is 24.0 Å². The smallest absolute Gasteiger partial charge is 0.450 e. The first-order valence-corrected chi connectivity index (χ1v) is 8.65. The lowest BCUT2D eigenvalue weighted by Crippen LogP contribution is -2.43. The Morgan fingerprint density at radius 3 is 2.33 bits per heavy atom. The number of rotatable bonds is 6. The second-order valence-corrected chi connectivity index (χ2v) is 6.71. The van der Waals surface area contributed by atoms with Crippen molar-refractivity contribution in [2.24, 2.45) is 0 Å². The molecule has 0 aliphatic carbocycles. The summed E-state index contributed by atoms with van der Waals surface area (Å²) in [6.07, 6.45) is -1.06. The quantitative estimate of drug-likeness (QED) is 0.667. The molecule has 0 N–H and O–H groups in total. The molecule has 8 nitrogen and oxygen atoms in total. The minimum absolute atomic E-state index is 0.0479. The third kappa shape index (κ3) is 5.78. The standard InChI is InChI=1S/C12H21NO7S/c1-3-18-11(14)13(6-7-20-12(15)19-4-2)10-5-8-21(16,17)9-10/h10H,3-9H2,1-2H3/t10-/m0/s1. The van der Waals surface area contributed by atoms with Gasteiger partial charge in [-0.3, -0.25) is 0 Å². The highest BCUT2D eigenvalue weighted by atomic mass is 32.2. The van der Waals surface area contributed by atoms with Crippen molar-refractivity contribution >= 4 is 22.1 Å². The van der Waals surface area contributed by atoms with E-state index in [-0.39, 0.29) is 37.9 Å². The van der Waals surface area contributed by atoms with Crippen LogP contribution < -0.4 is 0 Å². The fourth-order valence-corrected chi connectivity index (χ4v) is 3.77. The van der Waals surface area contributed by atoms with E-state index >= 15 is 0 Å². The van der Waals surface area contributed by atoms with Crippen LogP contribution in [0.3, 0.4) is 0 Å². The van der Waals surface area contributed by atoms with Gasteiger partial charge >= 0.3 is 12.2 Å². The van der Waals surface area contributed by atoms with Crippen molar-refractivity contribution in [3.8, 4) is 0 Å². The first-order chi connectivity index (χ1) is 9.89. The Labute approximate surface area is 124 Å². The number of ether oxygens (including phenoxy) is 3. The summed E-state index contributed by atoms with van der Waals surface area (Å²) in [5, 5.41) is 0. The Balaban J connectivity index is 2.57. The summed E-state index contributed by atoms with van der Waals surface area (Å²) in [7, 11) is -3.12. The SMILES string of the molecule is CCOC(=O)OCCN(C(=O)OCC)[C@H]1CCS(=O)(=O)C1. The van der Waals surface area contributed by atoms with Gasteiger partial charge in [-0.05, 0) is 20.3 Å². The van der Waals surface area contributed by atoms with Gasteiger partial charge < -0.3 is 19.1 Å². The van der Waals surface area contributed by atoms with E-state index in [1.165, 1.54) is 4.90 Å². The largest absolute Gasteiger partial charge is 0.508 e. The molecule has 0 aromatic heterocycles. The van der Waals surface area contributed by atoms with E-state index in [0.717, 1.165) is 0 Å². The first kappa shape index (κ1) is 17.5. The molecule has 9 heteroatoms. The number of hydrogen-bond acceptors (Lipinski definition) is 7. The van der Waals surface area contributed by atoms with Crippen LogP contribution in [0.1, 0.15) is 20.3 Å². The van der Waals surface area contributed by atoms with Gasteiger partial charge in [0, 0.05) is 0 Å². The lowest BCUT2D eigenvalue weighted by molar-refractivity contribution is 0.0428. The fraction of sp³-hybridized carbons (Fsp3) is 0.833. The summed E-state index contributed by atoms with van der Waals surface area (Å²) < 4.78 is 37.3. The fourth-order valence-electron chi connectivity index (χ4n) is 2.04. The zero-order valence-electron chi connectivity index (χ0n) is 12.2. The summed E-state index contributed by atoms with van der Waals surface area (Å²) in [5.41, 5.74) is 0. The number of sulfone groups is 1. The normalized spacial score (nSPS) is 19.8. The van der Waals surface area contributed by atoms with Crippen molar-refractivity contribution in [2.75, 3.05) is 37.9 Å². The molecule has 1 fully saturated rings. The lowest BCUT2D eigenvalue weighted by atomic mass is 10.2. The van der Waals surface area contributed by atoms with E-state index in [4.69, 9.17) is 9.47 Å². The molecule has 1 aliphatic heterocycles. The molecule has 1 saturated heterocycles. The number of carbonyl (C=O) groups is 2. The van der Waals surface area contributed by atoms with Crippen LogP contribution >= 0.6 is 0 Å². The van der Waals surface area contributed by atoms with Gasteiger partial charge in [-0.1, -0.05) is 0 Å². The van der Waals surface area contributed by atoms with E-state index in [9.17, 15) is 18.0 Å². The van der Waals surface area contributed by atoms with Crippen molar-refractivity contribution in [2.45, 2.75) is 26.3 Å². The number of hydrogen-bond donors (Lipinski definition) is 0. The second kappa shape index (κ2) is 8.06. The highest BCUT2D eigenvalue weighted by molar-refractivity contribution is 7.91. The summed E-state index contributed by atoms with van der Waals surface area (Å²) in [6, 6.07) is -0.445. The predicted octanol–water partition coefficient (Wildman–Crippen LogP) is 0.805. The molecule has 0 aromatic carbocycles. The van der Waals surface area contributed by atoms with E-state index < -0.39 is 28.1 Å². The van der Waals surface area contributed by atoms with Gasteiger partial charge in [0.15, 0.2) is 9.84 Å². The maximum absolute atomic E-state index is 11.9. The van der Waals surface area contributed by atoms with E-state index in [2.05, 4.69) is 4.74 Å². The van der Waals surface area contributed by atoms with E-state index in [1.54, 1.807) is 13.8 Å².